The van der Waals surface area contributed by atoms with Crippen LogP contribution in [0.2, 0.25) is 0 Å². The summed E-state index contributed by atoms with van der Waals surface area (Å²) >= 11 is 0. The summed E-state index contributed by atoms with van der Waals surface area (Å²) in [5.74, 6) is 0.633. The van der Waals surface area contributed by atoms with Gasteiger partial charge in [-0.15, -0.1) is 0 Å². The highest BCUT2D eigenvalue weighted by Crippen LogP contribution is 2.01. The predicted molar refractivity (Wildman–Crippen MR) is 38.4 cm³/mol. The van der Waals surface area contributed by atoms with E-state index in [1.54, 1.807) is 12.3 Å². The lowest BCUT2D eigenvalue weighted by atomic mass is 10.7. The molecule has 0 unspecified atom stereocenters. The van der Waals surface area contributed by atoms with E-state index in [0.717, 1.165) is 0 Å². The maximum absolute atomic E-state index is 4.86. The van der Waals surface area contributed by atoms with Crippen molar-refractivity contribution in [2.45, 2.75) is 6.92 Å². The van der Waals surface area contributed by atoms with E-state index in [1.807, 2.05) is 6.92 Å². The number of nitrogens with zero attached hydrogens (tertiary/aromatic N) is 2. The van der Waals surface area contributed by atoms with Crippen molar-refractivity contribution in [3.63, 3.8) is 0 Å². The second-order valence-corrected chi connectivity index (χ2v) is 1.62. The number of hydrogen-bond acceptors (Lipinski definition) is 3. The molecular formula is C6H9N3O. The number of rotatable bonds is 3. The van der Waals surface area contributed by atoms with Gasteiger partial charge in [0.1, 0.15) is 0 Å². The Labute approximate surface area is 58.9 Å². The zero-order valence-corrected chi connectivity index (χ0v) is 5.74. The van der Waals surface area contributed by atoms with Crippen LogP contribution < -0.4 is 0 Å². The van der Waals surface area contributed by atoms with E-state index in [2.05, 4.69) is 15.2 Å². The van der Waals surface area contributed by atoms with E-state index in [-0.39, 0.29) is 0 Å². The first-order chi connectivity index (χ1) is 4.93. The lowest BCUT2D eigenvalue weighted by Gasteiger charge is -1.88. The fraction of sp³-hybridized carbons (Fsp3) is 0.333. The molecule has 0 spiro atoms. The minimum Gasteiger partial charge on any atom is -0.483 e. The third kappa shape index (κ3) is 1.89. The number of aromatic amines is 1. The number of aliphatic imine (C=N–C) groups is 1. The smallest absolute Gasteiger partial charge is 0.176 e. The zero-order chi connectivity index (χ0) is 7.23. The molecule has 10 heavy (non-hydrogen) atoms. The van der Waals surface area contributed by atoms with Crippen molar-refractivity contribution in [1.29, 1.82) is 0 Å². The topological polar surface area (TPSA) is 50.3 Å². The van der Waals surface area contributed by atoms with Crippen molar-refractivity contribution in [3.8, 4) is 0 Å². The SMILES string of the molecule is CCOC=Nc1cc[nH]n1. The van der Waals surface area contributed by atoms with Crippen LogP contribution in [0.3, 0.4) is 0 Å². The summed E-state index contributed by atoms with van der Waals surface area (Å²) in [5, 5.41) is 6.42. The minimum absolute atomic E-state index is 0.633. The van der Waals surface area contributed by atoms with Crippen molar-refractivity contribution in [2.24, 2.45) is 4.99 Å². The Bertz CT molecular complexity index is 193. The van der Waals surface area contributed by atoms with Crippen LogP contribution in [-0.4, -0.2) is 23.2 Å². The maximum atomic E-state index is 4.86. The van der Waals surface area contributed by atoms with Crippen LogP contribution >= 0.6 is 0 Å². The molecule has 0 aliphatic carbocycles. The Morgan fingerprint density at radius 1 is 1.90 bits per heavy atom. The number of H-pyrrole nitrogens is 1. The van der Waals surface area contributed by atoms with Gasteiger partial charge >= 0.3 is 0 Å². The molecule has 0 radical (unpaired) electrons. The van der Waals surface area contributed by atoms with Gasteiger partial charge < -0.3 is 4.74 Å². The molecule has 4 nitrogen and oxygen atoms in total. The number of nitrogens with one attached hydrogen (secondary N) is 1. The molecule has 1 heterocycles. The van der Waals surface area contributed by atoms with Gasteiger partial charge in [-0.25, -0.2) is 0 Å². The number of aromatic nitrogens is 2. The van der Waals surface area contributed by atoms with Gasteiger partial charge in [0.15, 0.2) is 12.2 Å². The molecule has 1 aromatic rings. The van der Waals surface area contributed by atoms with E-state index in [1.165, 1.54) is 6.40 Å². The van der Waals surface area contributed by atoms with Gasteiger partial charge in [-0.05, 0) is 6.92 Å². The van der Waals surface area contributed by atoms with E-state index in [4.69, 9.17) is 4.74 Å². The highest BCUT2D eigenvalue weighted by molar-refractivity contribution is 5.52. The van der Waals surface area contributed by atoms with Crippen molar-refractivity contribution < 1.29 is 4.74 Å². The Kier molecular flexibility index (Phi) is 2.49. The van der Waals surface area contributed by atoms with Crippen molar-refractivity contribution in [1.82, 2.24) is 10.2 Å². The summed E-state index contributed by atoms with van der Waals surface area (Å²) in [6, 6.07) is 1.76. The van der Waals surface area contributed by atoms with Gasteiger partial charge in [-0.3, -0.25) is 5.10 Å². The largest absolute Gasteiger partial charge is 0.483 e. The second-order valence-electron chi connectivity index (χ2n) is 1.62. The van der Waals surface area contributed by atoms with Crippen molar-refractivity contribution in [2.75, 3.05) is 6.61 Å². The first-order valence-corrected chi connectivity index (χ1v) is 3.07. The molecule has 0 fully saturated rings. The summed E-state index contributed by atoms with van der Waals surface area (Å²) in [6.45, 7) is 2.53. The second kappa shape index (κ2) is 3.66. The van der Waals surface area contributed by atoms with E-state index in [9.17, 15) is 0 Å². The zero-order valence-electron chi connectivity index (χ0n) is 5.74. The Balaban J connectivity index is 2.40. The van der Waals surface area contributed by atoms with E-state index in [0.29, 0.717) is 12.4 Å². The average Bonchev–Trinajstić information content (AvgIpc) is 2.41. The van der Waals surface area contributed by atoms with E-state index >= 15 is 0 Å². The van der Waals surface area contributed by atoms with Gasteiger partial charge in [0.25, 0.3) is 0 Å². The fourth-order valence-corrected chi connectivity index (χ4v) is 0.490. The molecule has 0 aliphatic rings. The molecule has 0 atom stereocenters. The summed E-state index contributed by atoms with van der Waals surface area (Å²) in [6.07, 6.45) is 3.09. The van der Waals surface area contributed by atoms with Crippen LogP contribution in [0, 0.1) is 0 Å². The summed E-state index contributed by atoms with van der Waals surface area (Å²) in [7, 11) is 0. The molecule has 0 saturated heterocycles. The van der Waals surface area contributed by atoms with E-state index < -0.39 is 0 Å². The van der Waals surface area contributed by atoms with Crippen LogP contribution in [0.1, 0.15) is 6.92 Å². The Morgan fingerprint density at radius 3 is 3.40 bits per heavy atom. The molecule has 1 rings (SSSR count). The molecule has 1 N–H and O–H groups in total. The van der Waals surface area contributed by atoms with Crippen LogP contribution in [0.4, 0.5) is 5.82 Å². The van der Waals surface area contributed by atoms with Gasteiger partial charge in [-0.1, -0.05) is 0 Å². The number of hydrogen-bond donors (Lipinski definition) is 1. The summed E-state index contributed by atoms with van der Waals surface area (Å²) in [5.41, 5.74) is 0. The maximum Gasteiger partial charge on any atom is 0.176 e. The molecule has 0 aliphatic heterocycles. The molecule has 0 saturated carbocycles. The van der Waals surface area contributed by atoms with Crippen molar-refractivity contribution >= 4 is 12.2 Å². The Morgan fingerprint density at radius 2 is 2.80 bits per heavy atom. The van der Waals surface area contributed by atoms with Gasteiger partial charge in [0.2, 0.25) is 0 Å². The lowest BCUT2D eigenvalue weighted by Crippen LogP contribution is -1.83. The van der Waals surface area contributed by atoms with Crippen LogP contribution in [-0.2, 0) is 4.74 Å². The van der Waals surface area contributed by atoms with Gasteiger partial charge in [0.05, 0.1) is 6.61 Å². The fourth-order valence-electron chi connectivity index (χ4n) is 0.490. The molecule has 54 valence electrons. The predicted octanol–water partition coefficient (Wildman–Crippen LogP) is 1.11. The van der Waals surface area contributed by atoms with Gasteiger partial charge in [0, 0.05) is 12.3 Å². The van der Waals surface area contributed by atoms with Crippen molar-refractivity contribution in [3.05, 3.63) is 12.3 Å². The Hall–Kier alpha value is -1.32. The standard InChI is InChI=1S/C6H9N3O/c1-2-10-5-7-6-3-4-8-9-6/h3-5H,2H2,1H3,(H,8,9). The highest BCUT2D eigenvalue weighted by Gasteiger charge is 1.84. The minimum atomic E-state index is 0.633. The monoisotopic (exact) mass is 139 g/mol. The lowest BCUT2D eigenvalue weighted by molar-refractivity contribution is 0.344. The van der Waals surface area contributed by atoms with Crippen LogP contribution in [0.15, 0.2) is 17.3 Å². The normalized spacial score (nSPS) is 10.5. The summed E-state index contributed by atoms with van der Waals surface area (Å²) < 4.78 is 4.86. The molecule has 0 amide bonds. The molecule has 0 bridgehead atoms. The quantitative estimate of drug-likeness (QED) is 0.503. The highest BCUT2D eigenvalue weighted by atomic mass is 16.5. The van der Waals surface area contributed by atoms with Crippen LogP contribution in [0.25, 0.3) is 0 Å². The molecular weight excluding hydrogens is 130 g/mol. The molecule has 4 heteroatoms. The first kappa shape index (κ1) is 6.80. The molecule has 0 aromatic carbocycles. The first-order valence-electron chi connectivity index (χ1n) is 3.07. The average molecular weight is 139 g/mol. The van der Waals surface area contributed by atoms with Crippen LogP contribution in [0.5, 0.6) is 0 Å². The third-order valence-electron chi connectivity index (χ3n) is 0.912. The molecule has 1 aromatic heterocycles. The van der Waals surface area contributed by atoms with Gasteiger partial charge in [-0.2, -0.15) is 10.1 Å². The third-order valence-corrected chi connectivity index (χ3v) is 0.912. The number of ether oxygens (including phenoxy) is 1. The summed E-state index contributed by atoms with van der Waals surface area (Å²) in [4.78, 5) is 3.87.